The Labute approximate surface area is 143 Å². The number of hydrogen-bond donors (Lipinski definition) is 1. The molecule has 2 amide bonds. The number of rotatable bonds is 4. The number of ether oxygens (including phenoxy) is 1. The van der Waals surface area contributed by atoms with E-state index in [1.807, 2.05) is 11.9 Å². The SMILES string of the molecule is C[C@@H](Cc1ccc2ccccc2c1)NC(=O)N(C)C1CCOCC1. The van der Waals surface area contributed by atoms with Gasteiger partial charge in [-0.25, -0.2) is 4.79 Å². The first-order valence-corrected chi connectivity index (χ1v) is 8.72. The molecule has 4 nitrogen and oxygen atoms in total. The van der Waals surface area contributed by atoms with Crippen LogP contribution >= 0.6 is 0 Å². The summed E-state index contributed by atoms with van der Waals surface area (Å²) < 4.78 is 5.37. The van der Waals surface area contributed by atoms with Crippen LogP contribution in [0.15, 0.2) is 42.5 Å². The second-order valence-corrected chi connectivity index (χ2v) is 6.69. The lowest BCUT2D eigenvalue weighted by atomic mass is 10.0. The number of benzene rings is 2. The Bertz CT molecular complexity index is 695. The Hall–Kier alpha value is -2.07. The van der Waals surface area contributed by atoms with E-state index in [0.717, 1.165) is 32.5 Å². The highest BCUT2D eigenvalue weighted by Crippen LogP contribution is 2.17. The minimum Gasteiger partial charge on any atom is -0.381 e. The second kappa shape index (κ2) is 7.67. The molecule has 0 bridgehead atoms. The van der Waals surface area contributed by atoms with Crippen molar-refractivity contribution in [3.8, 4) is 0 Å². The maximum atomic E-state index is 12.4. The van der Waals surface area contributed by atoms with Crippen LogP contribution in [0.4, 0.5) is 4.79 Å². The van der Waals surface area contributed by atoms with E-state index < -0.39 is 0 Å². The highest BCUT2D eigenvalue weighted by Gasteiger charge is 2.23. The zero-order valence-corrected chi connectivity index (χ0v) is 14.5. The molecular formula is C20H26N2O2. The van der Waals surface area contributed by atoms with Crippen molar-refractivity contribution in [3.05, 3.63) is 48.0 Å². The van der Waals surface area contributed by atoms with Crippen molar-refractivity contribution in [1.29, 1.82) is 0 Å². The molecule has 1 N–H and O–H groups in total. The summed E-state index contributed by atoms with van der Waals surface area (Å²) in [6.07, 6.45) is 2.67. The van der Waals surface area contributed by atoms with E-state index in [2.05, 4.69) is 54.7 Å². The van der Waals surface area contributed by atoms with Crippen LogP contribution in [0.2, 0.25) is 0 Å². The first kappa shape index (κ1) is 16.8. The van der Waals surface area contributed by atoms with Gasteiger partial charge in [-0.15, -0.1) is 0 Å². The van der Waals surface area contributed by atoms with Crippen LogP contribution in [0, 0.1) is 0 Å². The molecule has 0 unspecified atom stereocenters. The first-order chi connectivity index (χ1) is 11.6. The van der Waals surface area contributed by atoms with Gasteiger partial charge in [-0.05, 0) is 42.5 Å². The van der Waals surface area contributed by atoms with E-state index in [-0.39, 0.29) is 18.1 Å². The van der Waals surface area contributed by atoms with E-state index in [4.69, 9.17) is 4.74 Å². The Kier molecular flexibility index (Phi) is 5.36. The number of amides is 2. The van der Waals surface area contributed by atoms with Gasteiger partial charge in [-0.1, -0.05) is 42.5 Å². The van der Waals surface area contributed by atoms with E-state index in [1.165, 1.54) is 16.3 Å². The zero-order valence-electron chi connectivity index (χ0n) is 14.5. The Morgan fingerprint density at radius 3 is 2.67 bits per heavy atom. The number of urea groups is 1. The Morgan fingerprint density at radius 1 is 1.21 bits per heavy atom. The summed E-state index contributed by atoms with van der Waals surface area (Å²) in [6.45, 7) is 3.55. The Morgan fingerprint density at radius 2 is 1.92 bits per heavy atom. The van der Waals surface area contributed by atoms with Gasteiger partial charge < -0.3 is 15.0 Å². The van der Waals surface area contributed by atoms with Crippen molar-refractivity contribution < 1.29 is 9.53 Å². The summed E-state index contributed by atoms with van der Waals surface area (Å²) in [6, 6.07) is 15.2. The second-order valence-electron chi connectivity index (χ2n) is 6.69. The van der Waals surface area contributed by atoms with E-state index in [1.54, 1.807) is 0 Å². The highest BCUT2D eigenvalue weighted by atomic mass is 16.5. The van der Waals surface area contributed by atoms with Crippen LogP contribution in [0.3, 0.4) is 0 Å². The van der Waals surface area contributed by atoms with Crippen LogP contribution in [0.5, 0.6) is 0 Å². The van der Waals surface area contributed by atoms with Crippen molar-refractivity contribution in [2.24, 2.45) is 0 Å². The average molecular weight is 326 g/mol. The smallest absolute Gasteiger partial charge is 0.317 e. The lowest BCUT2D eigenvalue weighted by Gasteiger charge is -2.32. The number of carbonyl (C=O) groups excluding carboxylic acids is 1. The molecule has 0 aliphatic carbocycles. The van der Waals surface area contributed by atoms with Gasteiger partial charge in [0, 0.05) is 32.3 Å². The van der Waals surface area contributed by atoms with Gasteiger partial charge >= 0.3 is 6.03 Å². The van der Waals surface area contributed by atoms with Crippen molar-refractivity contribution in [3.63, 3.8) is 0 Å². The third kappa shape index (κ3) is 4.06. The quantitative estimate of drug-likeness (QED) is 0.933. The number of hydrogen-bond acceptors (Lipinski definition) is 2. The third-order valence-corrected chi connectivity index (χ3v) is 4.78. The molecule has 0 radical (unpaired) electrons. The Balaban J connectivity index is 1.57. The van der Waals surface area contributed by atoms with Crippen LogP contribution in [0.1, 0.15) is 25.3 Å². The number of fused-ring (bicyclic) bond motifs is 1. The van der Waals surface area contributed by atoms with E-state index in [0.29, 0.717) is 0 Å². The summed E-state index contributed by atoms with van der Waals surface area (Å²) >= 11 is 0. The predicted octanol–water partition coefficient (Wildman–Crippen LogP) is 3.59. The highest BCUT2D eigenvalue weighted by molar-refractivity contribution is 5.83. The fourth-order valence-electron chi connectivity index (χ4n) is 3.32. The molecule has 128 valence electrons. The molecule has 3 rings (SSSR count). The van der Waals surface area contributed by atoms with Gasteiger partial charge in [0.15, 0.2) is 0 Å². The maximum absolute atomic E-state index is 12.4. The molecule has 2 aromatic carbocycles. The molecule has 24 heavy (non-hydrogen) atoms. The molecule has 1 fully saturated rings. The van der Waals surface area contributed by atoms with Crippen LogP contribution in [-0.2, 0) is 11.2 Å². The molecule has 1 aliphatic rings. The topological polar surface area (TPSA) is 41.6 Å². The molecular weight excluding hydrogens is 300 g/mol. The maximum Gasteiger partial charge on any atom is 0.317 e. The van der Waals surface area contributed by atoms with Gasteiger partial charge in [-0.3, -0.25) is 0 Å². The largest absolute Gasteiger partial charge is 0.381 e. The summed E-state index contributed by atoms with van der Waals surface area (Å²) in [5, 5.41) is 5.61. The molecule has 4 heteroatoms. The summed E-state index contributed by atoms with van der Waals surface area (Å²) in [5.74, 6) is 0. The monoisotopic (exact) mass is 326 g/mol. The minimum atomic E-state index is 0.00943. The van der Waals surface area contributed by atoms with E-state index >= 15 is 0 Å². The standard InChI is InChI=1S/C20H26N2O2/c1-15(21-20(23)22(2)19-9-11-24-12-10-19)13-16-7-8-17-5-3-4-6-18(17)14-16/h3-8,14-15,19H,9-13H2,1-2H3,(H,21,23)/t15-/m0/s1. The lowest BCUT2D eigenvalue weighted by Crippen LogP contribution is -2.48. The van der Waals surface area contributed by atoms with Crippen molar-refractivity contribution in [2.45, 2.75) is 38.3 Å². The molecule has 0 spiro atoms. The van der Waals surface area contributed by atoms with Crippen molar-refractivity contribution >= 4 is 16.8 Å². The summed E-state index contributed by atoms with van der Waals surface area (Å²) in [5.41, 5.74) is 1.25. The van der Waals surface area contributed by atoms with Crippen LogP contribution in [0.25, 0.3) is 10.8 Å². The fraction of sp³-hybridized carbons (Fsp3) is 0.450. The first-order valence-electron chi connectivity index (χ1n) is 8.72. The number of nitrogens with one attached hydrogen (secondary N) is 1. The average Bonchev–Trinajstić information content (AvgIpc) is 2.61. The molecule has 1 aliphatic heterocycles. The third-order valence-electron chi connectivity index (χ3n) is 4.78. The molecule has 1 atom stereocenters. The lowest BCUT2D eigenvalue weighted by molar-refractivity contribution is 0.0523. The van der Waals surface area contributed by atoms with E-state index in [9.17, 15) is 4.79 Å². The van der Waals surface area contributed by atoms with Crippen molar-refractivity contribution in [2.75, 3.05) is 20.3 Å². The predicted molar refractivity (Wildman–Crippen MR) is 97.2 cm³/mol. The molecule has 0 saturated carbocycles. The zero-order chi connectivity index (χ0) is 16.9. The van der Waals surface area contributed by atoms with Gasteiger partial charge in [0.05, 0.1) is 0 Å². The summed E-state index contributed by atoms with van der Waals surface area (Å²) in [4.78, 5) is 14.3. The van der Waals surface area contributed by atoms with Crippen LogP contribution < -0.4 is 5.32 Å². The van der Waals surface area contributed by atoms with Gasteiger partial charge in [0.25, 0.3) is 0 Å². The normalized spacial score (nSPS) is 16.8. The summed E-state index contributed by atoms with van der Waals surface area (Å²) in [7, 11) is 1.88. The van der Waals surface area contributed by atoms with Crippen molar-refractivity contribution in [1.82, 2.24) is 10.2 Å². The minimum absolute atomic E-state index is 0.00943. The fourth-order valence-corrected chi connectivity index (χ4v) is 3.32. The van der Waals surface area contributed by atoms with Crippen LogP contribution in [-0.4, -0.2) is 43.3 Å². The number of carbonyl (C=O) groups is 1. The van der Waals surface area contributed by atoms with Gasteiger partial charge in [0.1, 0.15) is 0 Å². The molecule has 0 aromatic heterocycles. The van der Waals surface area contributed by atoms with Gasteiger partial charge in [-0.2, -0.15) is 0 Å². The van der Waals surface area contributed by atoms with Gasteiger partial charge in [0.2, 0.25) is 0 Å². The molecule has 1 heterocycles. The molecule has 1 saturated heterocycles. The molecule has 2 aromatic rings. The number of nitrogens with zero attached hydrogens (tertiary/aromatic N) is 1.